The first-order chi connectivity index (χ1) is 17.9. The topological polar surface area (TPSA) is 144 Å². The number of amides is 1. The monoisotopic (exact) mass is 526 g/mol. The molecule has 38 heavy (non-hydrogen) atoms. The predicted molar refractivity (Wildman–Crippen MR) is 140 cm³/mol. The number of carbonyl (C=O) groups excluding carboxylic acids is 2. The Morgan fingerprint density at radius 2 is 1.84 bits per heavy atom. The van der Waals surface area contributed by atoms with Crippen LogP contribution in [0.5, 0.6) is 11.8 Å². The molecule has 1 unspecified atom stereocenters. The molecule has 1 atom stereocenters. The number of aromatic nitrogens is 4. The minimum atomic E-state index is -0.654. The predicted octanol–water partition coefficient (Wildman–Crippen LogP) is 3.76. The highest BCUT2D eigenvalue weighted by atomic mass is 16.6. The average Bonchev–Trinajstić information content (AvgIpc) is 3.22. The van der Waals surface area contributed by atoms with Gasteiger partial charge in [0.1, 0.15) is 17.9 Å². The number of nitrogen functional groups attached to an aromatic ring is 1. The van der Waals surface area contributed by atoms with Crippen molar-refractivity contribution in [2.75, 3.05) is 27.0 Å². The summed E-state index contributed by atoms with van der Waals surface area (Å²) in [4.78, 5) is 35.2. The molecule has 12 heteroatoms. The molecule has 12 nitrogen and oxygen atoms in total. The van der Waals surface area contributed by atoms with Crippen LogP contribution in [-0.4, -0.2) is 63.6 Å². The second-order valence-corrected chi connectivity index (χ2v) is 9.54. The minimum absolute atomic E-state index is 0.00240. The second-order valence-electron chi connectivity index (χ2n) is 9.54. The van der Waals surface area contributed by atoms with E-state index in [1.807, 2.05) is 6.92 Å². The van der Waals surface area contributed by atoms with Crippen molar-refractivity contribution in [2.24, 2.45) is 7.05 Å². The molecule has 0 spiro atoms. The molecule has 3 rings (SSSR count). The van der Waals surface area contributed by atoms with Gasteiger partial charge in [0.25, 0.3) is 5.88 Å². The zero-order valence-corrected chi connectivity index (χ0v) is 22.9. The fourth-order valence-corrected chi connectivity index (χ4v) is 3.76. The maximum Gasteiger partial charge on any atom is 0.410 e. The van der Waals surface area contributed by atoms with Crippen LogP contribution in [0.3, 0.4) is 0 Å². The van der Waals surface area contributed by atoms with E-state index in [1.54, 1.807) is 63.8 Å². The van der Waals surface area contributed by atoms with Crippen LogP contribution in [-0.2, 0) is 23.1 Å². The van der Waals surface area contributed by atoms with Crippen molar-refractivity contribution in [3.63, 3.8) is 0 Å². The maximum atomic E-state index is 12.8. The zero-order chi connectivity index (χ0) is 28.2. The van der Waals surface area contributed by atoms with Crippen LogP contribution in [0.2, 0.25) is 0 Å². The molecule has 0 aliphatic heterocycles. The Morgan fingerprint density at radius 3 is 2.47 bits per heavy atom. The summed E-state index contributed by atoms with van der Waals surface area (Å²) in [6.45, 7) is 7.25. The summed E-state index contributed by atoms with van der Waals surface area (Å²) in [5.74, 6) is -0.0716. The van der Waals surface area contributed by atoms with Gasteiger partial charge < -0.3 is 29.6 Å². The van der Waals surface area contributed by atoms with E-state index >= 15 is 0 Å². The molecular formula is C26H34N6O6. The number of anilines is 1. The molecule has 0 fully saturated rings. The minimum Gasteiger partial charge on any atom is -0.479 e. The van der Waals surface area contributed by atoms with Crippen molar-refractivity contribution in [3.8, 4) is 23.0 Å². The van der Waals surface area contributed by atoms with Gasteiger partial charge in [-0.05, 0) is 33.8 Å². The summed E-state index contributed by atoms with van der Waals surface area (Å²) in [7, 11) is 6.19. The van der Waals surface area contributed by atoms with E-state index in [0.29, 0.717) is 28.1 Å². The van der Waals surface area contributed by atoms with Crippen LogP contribution in [0.1, 0.15) is 55.4 Å². The van der Waals surface area contributed by atoms with Gasteiger partial charge in [-0.25, -0.2) is 19.6 Å². The summed E-state index contributed by atoms with van der Waals surface area (Å²) in [5.41, 5.74) is 7.90. The SMILES string of the molecule is COC(=O)c1ccccc1COc1nc(-c2c(OC)nn(C)c2C(C)N(C)C(=O)OC(C)(C)C)cnc1N. The van der Waals surface area contributed by atoms with Gasteiger partial charge in [0.2, 0.25) is 5.88 Å². The van der Waals surface area contributed by atoms with Crippen LogP contribution in [0.4, 0.5) is 10.6 Å². The lowest BCUT2D eigenvalue weighted by Gasteiger charge is -2.29. The molecule has 2 heterocycles. The van der Waals surface area contributed by atoms with Gasteiger partial charge in [-0.2, -0.15) is 0 Å². The third-order valence-corrected chi connectivity index (χ3v) is 5.72. The number of aryl methyl sites for hydroxylation is 1. The van der Waals surface area contributed by atoms with Gasteiger partial charge in [-0.15, -0.1) is 5.10 Å². The third kappa shape index (κ3) is 6.13. The van der Waals surface area contributed by atoms with E-state index in [2.05, 4.69) is 15.1 Å². The van der Waals surface area contributed by atoms with Gasteiger partial charge in [-0.3, -0.25) is 4.68 Å². The maximum absolute atomic E-state index is 12.8. The van der Waals surface area contributed by atoms with E-state index < -0.39 is 23.7 Å². The second kappa shape index (κ2) is 11.4. The summed E-state index contributed by atoms with van der Waals surface area (Å²) in [5, 5.41) is 4.45. The van der Waals surface area contributed by atoms with Crippen molar-refractivity contribution in [1.29, 1.82) is 0 Å². The van der Waals surface area contributed by atoms with Crippen molar-refractivity contribution >= 4 is 17.9 Å². The Balaban J connectivity index is 1.98. The lowest BCUT2D eigenvalue weighted by Crippen LogP contribution is -2.36. The first-order valence-electron chi connectivity index (χ1n) is 11.9. The molecule has 2 N–H and O–H groups in total. The highest BCUT2D eigenvalue weighted by molar-refractivity contribution is 5.90. The van der Waals surface area contributed by atoms with Gasteiger partial charge in [0.05, 0.1) is 43.3 Å². The first-order valence-corrected chi connectivity index (χ1v) is 11.9. The number of hydrogen-bond acceptors (Lipinski definition) is 10. The molecule has 0 aliphatic rings. The van der Waals surface area contributed by atoms with Gasteiger partial charge >= 0.3 is 12.1 Å². The number of rotatable bonds is 8. The number of nitrogens with two attached hydrogens (primary N) is 1. The number of hydrogen-bond donors (Lipinski definition) is 1. The molecule has 0 bridgehead atoms. The molecule has 204 valence electrons. The average molecular weight is 527 g/mol. The van der Waals surface area contributed by atoms with Crippen molar-refractivity contribution in [1.82, 2.24) is 24.6 Å². The molecule has 0 saturated carbocycles. The van der Waals surface area contributed by atoms with Gasteiger partial charge in [0, 0.05) is 19.7 Å². The first kappa shape index (κ1) is 28.2. The smallest absolute Gasteiger partial charge is 0.410 e. The number of nitrogens with zero attached hydrogens (tertiary/aromatic N) is 5. The van der Waals surface area contributed by atoms with Crippen LogP contribution in [0.15, 0.2) is 30.5 Å². The number of esters is 1. The summed E-state index contributed by atoms with van der Waals surface area (Å²) in [6.07, 6.45) is 0.987. The van der Waals surface area contributed by atoms with E-state index in [9.17, 15) is 9.59 Å². The Hall–Kier alpha value is -4.35. The zero-order valence-electron chi connectivity index (χ0n) is 22.9. The van der Waals surface area contributed by atoms with E-state index in [1.165, 1.54) is 25.3 Å². The number of benzene rings is 1. The normalized spacial score (nSPS) is 12.0. The fourth-order valence-electron chi connectivity index (χ4n) is 3.76. The molecule has 1 aromatic carbocycles. The van der Waals surface area contributed by atoms with Crippen molar-refractivity contribution in [2.45, 2.75) is 45.9 Å². The Bertz CT molecular complexity index is 1320. The molecular weight excluding hydrogens is 492 g/mol. The van der Waals surface area contributed by atoms with Crippen LogP contribution in [0.25, 0.3) is 11.3 Å². The van der Waals surface area contributed by atoms with Crippen LogP contribution in [0, 0.1) is 0 Å². The highest BCUT2D eigenvalue weighted by Gasteiger charge is 2.31. The van der Waals surface area contributed by atoms with Crippen molar-refractivity contribution < 1.29 is 28.5 Å². The Labute approximate surface area is 221 Å². The number of ether oxygens (including phenoxy) is 4. The fraction of sp³-hybridized carbons (Fsp3) is 0.423. The molecule has 0 aliphatic carbocycles. The summed E-state index contributed by atoms with van der Waals surface area (Å²) < 4.78 is 23.4. The largest absolute Gasteiger partial charge is 0.479 e. The number of carbonyl (C=O) groups is 2. The Kier molecular flexibility index (Phi) is 8.44. The Morgan fingerprint density at radius 1 is 1.16 bits per heavy atom. The molecule has 2 aromatic heterocycles. The van der Waals surface area contributed by atoms with Gasteiger partial charge in [0.15, 0.2) is 5.82 Å². The standard InChI is InChI=1S/C26H34N6O6/c1-15(31(5)25(34)38-26(2,3)4)20-19(22(35-7)30-32(20)6)18-13-28-21(27)23(29-18)37-14-16-11-9-10-12-17(16)24(33)36-8/h9-13,15H,14H2,1-8H3,(H2,27,28). The van der Waals surface area contributed by atoms with E-state index in [-0.39, 0.29) is 24.2 Å². The third-order valence-electron chi connectivity index (χ3n) is 5.72. The highest BCUT2D eigenvalue weighted by Crippen LogP contribution is 2.38. The quantitative estimate of drug-likeness (QED) is 0.431. The van der Waals surface area contributed by atoms with Gasteiger partial charge in [-0.1, -0.05) is 18.2 Å². The number of methoxy groups -OCH3 is 2. The summed E-state index contributed by atoms with van der Waals surface area (Å²) in [6, 6.07) is 6.43. The van der Waals surface area contributed by atoms with E-state index in [4.69, 9.17) is 24.7 Å². The molecule has 1 amide bonds. The lowest BCUT2D eigenvalue weighted by molar-refractivity contribution is 0.0228. The molecule has 0 saturated heterocycles. The molecule has 0 radical (unpaired) electrons. The van der Waals surface area contributed by atoms with Crippen molar-refractivity contribution in [3.05, 3.63) is 47.3 Å². The molecule has 3 aromatic rings. The van der Waals surface area contributed by atoms with Crippen LogP contribution < -0.4 is 15.2 Å². The van der Waals surface area contributed by atoms with E-state index in [0.717, 1.165) is 0 Å². The lowest BCUT2D eigenvalue weighted by atomic mass is 10.1. The summed E-state index contributed by atoms with van der Waals surface area (Å²) >= 11 is 0. The van der Waals surface area contributed by atoms with Crippen LogP contribution >= 0.6 is 0 Å².